The van der Waals surface area contributed by atoms with Crippen molar-refractivity contribution in [1.82, 2.24) is 0 Å². The van der Waals surface area contributed by atoms with Gasteiger partial charge in [-0.3, -0.25) is 0 Å². The van der Waals surface area contributed by atoms with E-state index >= 15 is 0 Å². The Kier molecular flexibility index (Phi) is 5.33. The Morgan fingerprint density at radius 1 is 0.900 bits per heavy atom. The predicted molar refractivity (Wildman–Crippen MR) is 85.8 cm³/mol. The van der Waals surface area contributed by atoms with Crippen LogP contribution in [0.15, 0.2) is 48.5 Å². The maximum absolute atomic E-state index is 13.9. The van der Waals surface area contributed by atoms with Crippen molar-refractivity contribution in [3.63, 3.8) is 0 Å². The van der Waals surface area contributed by atoms with Crippen molar-refractivity contribution in [3.8, 4) is 0 Å². The van der Waals surface area contributed by atoms with Gasteiger partial charge in [0, 0.05) is 16.1 Å². The topological polar surface area (TPSA) is 0 Å². The van der Waals surface area contributed by atoms with Gasteiger partial charge in [0.25, 0.3) is 0 Å². The molecule has 0 unspecified atom stereocenters. The van der Waals surface area contributed by atoms with Crippen LogP contribution in [0.4, 0.5) is 8.78 Å². The Hall–Kier alpha value is -0.740. The van der Waals surface area contributed by atoms with Crippen LogP contribution in [0, 0.1) is 11.6 Å². The summed E-state index contributed by atoms with van der Waals surface area (Å²) in [5.41, 5.74) is 1.11. The molecule has 0 nitrogen and oxygen atoms in total. The molecule has 2 aromatic rings. The van der Waals surface area contributed by atoms with Crippen LogP contribution in [-0.4, -0.2) is 10.7 Å². The van der Waals surface area contributed by atoms with Gasteiger partial charge in [0.1, 0.15) is 11.6 Å². The van der Waals surface area contributed by atoms with Gasteiger partial charge in [-0.1, -0.05) is 62.2 Å². The maximum Gasteiger partial charge on any atom is 0.126 e. The lowest BCUT2D eigenvalue weighted by Gasteiger charge is -2.31. The Balaban J connectivity index is 2.42. The highest BCUT2D eigenvalue weighted by Gasteiger charge is 2.31. The van der Waals surface area contributed by atoms with Gasteiger partial charge >= 0.3 is 0 Å². The number of halogens is 4. The van der Waals surface area contributed by atoms with Crippen molar-refractivity contribution < 1.29 is 8.78 Å². The van der Waals surface area contributed by atoms with Crippen LogP contribution < -0.4 is 0 Å². The van der Waals surface area contributed by atoms with Gasteiger partial charge < -0.3 is 0 Å². The average molecular weight is 404 g/mol. The molecule has 106 valence electrons. The molecule has 0 saturated carbocycles. The van der Waals surface area contributed by atoms with Gasteiger partial charge in [-0.2, -0.15) is 0 Å². The van der Waals surface area contributed by atoms with Crippen LogP contribution >= 0.6 is 31.9 Å². The van der Waals surface area contributed by atoms with Crippen LogP contribution in [0.1, 0.15) is 11.1 Å². The molecular weight excluding hydrogens is 390 g/mol. The SMILES string of the molecule is Fc1cccc(C(CBr)(CBr)Cc2ccccc2F)c1. The number of hydrogen-bond acceptors (Lipinski definition) is 0. The quantitative estimate of drug-likeness (QED) is 0.599. The minimum absolute atomic E-state index is 0.227. The molecular formula is C16H14Br2F2. The van der Waals surface area contributed by atoms with Crippen LogP contribution in [0.3, 0.4) is 0 Å². The van der Waals surface area contributed by atoms with E-state index in [1.807, 2.05) is 12.1 Å². The van der Waals surface area contributed by atoms with E-state index in [1.54, 1.807) is 18.2 Å². The lowest BCUT2D eigenvalue weighted by Crippen LogP contribution is -2.33. The molecule has 0 radical (unpaired) electrons. The third kappa shape index (κ3) is 3.29. The van der Waals surface area contributed by atoms with Crippen molar-refractivity contribution in [2.75, 3.05) is 10.7 Å². The van der Waals surface area contributed by atoms with Crippen LogP contribution in [0.2, 0.25) is 0 Å². The fraction of sp³-hybridized carbons (Fsp3) is 0.250. The minimum atomic E-state index is -0.385. The van der Waals surface area contributed by atoms with Crippen LogP contribution in [-0.2, 0) is 11.8 Å². The molecule has 2 rings (SSSR count). The molecule has 0 aliphatic rings. The minimum Gasteiger partial charge on any atom is -0.207 e. The van der Waals surface area contributed by atoms with E-state index in [9.17, 15) is 8.78 Å². The molecule has 0 heterocycles. The fourth-order valence-electron chi connectivity index (χ4n) is 2.21. The Bertz CT molecular complexity index is 580. The van der Waals surface area contributed by atoms with Gasteiger partial charge in [-0.05, 0) is 35.7 Å². The van der Waals surface area contributed by atoms with E-state index in [0.29, 0.717) is 22.6 Å². The zero-order chi connectivity index (χ0) is 14.6. The number of alkyl halides is 2. The van der Waals surface area contributed by atoms with Gasteiger partial charge in [-0.15, -0.1) is 0 Å². The second kappa shape index (κ2) is 6.81. The first-order valence-electron chi connectivity index (χ1n) is 6.23. The second-order valence-electron chi connectivity index (χ2n) is 4.83. The van der Waals surface area contributed by atoms with E-state index < -0.39 is 0 Å². The summed E-state index contributed by atoms with van der Waals surface area (Å²) in [6.07, 6.45) is 0.500. The van der Waals surface area contributed by atoms with E-state index in [0.717, 1.165) is 5.56 Å². The maximum atomic E-state index is 13.9. The van der Waals surface area contributed by atoms with E-state index in [2.05, 4.69) is 31.9 Å². The molecule has 0 bridgehead atoms. The van der Waals surface area contributed by atoms with Crippen molar-refractivity contribution >= 4 is 31.9 Å². The standard InChI is InChI=1S/C16H14Br2F2/c17-10-16(11-18,13-5-3-6-14(19)8-13)9-12-4-1-2-7-15(12)20/h1-8H,9-11H2. The molecule has 0 N–H and O–H groups in total. The fourth-order valence-corrected chi connectivity index (χ4v) is 4.18. The Morgan fingerprint density at radius 2 is 1.60 bits per heavy atom. The lowest BCUT2D eigenvalue weighted by molar-refractivity contribution is 0.517. The first-order valence-corrected chi connectivity index (χ1v) is 8.47. The summed E-state index contributed by atoms with van der Waals surface area (Å²) in [6.45, 7) is 0. The third-order valence-electron chi connectivity index (χ3n) is 3.44. The predicted octanol–water partition coefficient (Wildman–Crippen LogP) is 5.24. The van der Waals surface area contributed by atoms with Crippen LogP contribution in [0.25, 0.3) is 0 Å². The summed E-state index contributed by atoms with van der Waals surface area (Å²) in [5.74, 6) is -0.502. The molecule has 0 aliphatic heterocycles. The van der Waals surface area contributed by atoms with E-state index in [4.69, 9.17) is 0 Å². The number of rotatable bonds is 5. The first kappa shape index (κ1) is 15.6. The molecule has 0 saturated heterocycles. The summed E-state index contributed by atoms with van der Waals surface area (Å²) in [4.78, 5) is 0. The monoisotopic (exact) mass is 402 g/mol. The molecule has 2 aromatic carbocycles. The van der Waals surface area contributed by atoms with E-state index in [-0.39, 0.29) is 17.0 Å². The molecule has 0 amide bonds. The highest BCUT2D eigenvalue weighted by atomic mass is 79.9. The number of hydrogen-bond donors (Lipinski definition) is 0. The molecule has 0 atom stereocenters. The smallest absolute Gasteiger partial charge is 0.126 e. The summed E-state index contributed by atoms with van der Waals surface area (Å²) < 4.78 is 27.4. The normalized spacial score (nSPS) is 11.6. The highest BCUT2D eigenvalue weighted by Crippen LogP contribution is 2.33. The first-order chi connectivity index (χ1) is 9.61. The van der Waals surface area contributed by atoms with Gasteiger partial charge in [0.15, 0.2) is 0 Å². The Morgan fingerprint density at radius 3 is 2.20 bits per heavy atom. The van der Waals surface area contributed by atoms with Crippen molar-refractivity contribution in [3.05, 3.63) is 71.3 Å². The van der Waals surface area contributed by atoms with Crippen molar-refractivity contribution in [1.29, 1.82) is 0 Å². The van der Waals surface area contributed by atoms with Gasteiger partial charge in [0.05, 0.1) is 0 Å². The largest absolute Gasteiger partial charge is 0.207 e. The lowest BCUT2D eigenvalue weighted by atomic mass is 9.79. The zero-order valence-electron chi connectivity index (χ0n) is 10.8. The summed E-state index contributed by atoms with van der Waals surface area (Å²) >= 11 is 7.00. The summed E-state index contributed by atoms with van der Waals surface area (Å²) in [5, 5.41) is 1.23. The highest BCUT2D eigenvalue weighted by molar-refractivity contribution is 9.09. The van der Waals surface area contributed by atoms with Crippen molar-refractivity contribution in [2.45, 2.75) is 11.8 Å². The van der Waals surface area contributed by atoms with Crippen LogP contribution in [0.5, 0.6) is 0 Å². The van der Waals surface area contributed by atoms with Gasteiger partial charge in [0.2, 0.25) is 0 Å². The zero-order valence-corrected chi connectivity index (χ0v) is 13.9. The second-order valence-corrected chi connectivity index (χ2v) is 5.95. The van der Waals surface area contributed by atoms with Gasteiger partial charge in [-0.25, -0.2) is 8.78 Å². The Labute approximate surface area is 134 Å². The molecule has 0 aliphatic carbocycles. The number of benzene rings is 2. The molecule has 0 spiro atoms. The molecule has 0 fully saturated rings. The summed E-state index contributed by atoms with van der Waals surface area (Å²) in [6, 6.07) is 13.2. The molecule has 4 heteroatoms. The summed E-state index contributed by atoms with van der Waals surface area (Å²) in [7, 11) is 0. The molecule has 20 heavy (non-hydrogen) atoms. The van der Waals surface area contributed by atoms with Crippen molar-refractivity contribution in [2.24, 2.45) is 0 Å². The average Bonchev–Trinajstić information content (AvgIpc) is 2.47. The molecule has 0 aromatic heterocycles. The third-order valence-corrected chi connectivity index (χ3v) is 5.58. The van der Waals surface area contributed by atoms with E-state index in [1.165, 1.54) is 18.2 Å².